The van der Waals surface area contributed by atoms with Crippen molar-refractivity contribution in [3.8, 4) is 22.4 Å². The largest absolute Gasteiger partial charge is 0.382 e. The zero-order chi connectivity index (χ0) is 12.5. The fourth-order valence-electron chi connectivity index (χ4n) is 1.96. The second-order valence-corrected chi connectivity index (χ2v) is 4.21. The molecule has 4 N–H and O–H groups in total. The first-order valence-electron chi connectivity index (χ1n) is 5.66. The molecule has 3 aromatic rings. The Hall–Kier alpha value is -2.56. The van der Waals surface area contributed by atoms with Crippen molar-refractivity contribution >= 4 is 5.82 Å². The third-order valence-corrected chi connectivity index (χ3v) is 2.92. The van der Waals surface area contributed by atoms with Crippen LogP contribution in [0, 0.1) is 6.92 Å². The number of hydrogen-bond donors (Lipinski definition) is 3. The smallest absolute Gasteiger partial charge is 0.153 e. The van der Waals surface area contributed by atoms with Crippen molar-refractivity contribution in [1.82, 2.24) is 20.4 Å². The number of aryl methyl sites for hydroxylation is 1. The molecule has 90 valence electrons. The first kappa shape index (κ1) is 10.6. The zero-order valence-electron chi connectivity index (χ0n) is 9.94. The van der Waals surface area contributed by atoms with Crippen LogP contribution >= 0.6 is 0 Å². The molecule has 0 amide bonds. The van der Waals surface area contributed by atoms with Crippen molar-refractivity contribution in [3.63, 3.8) is 0 Å². The SMILES string of the molecule is Cc1ccc(-c2c(N)n[nH]c2-c2cn[nH]c2)cc1. The Morgan fingerprint density at radius 3 is 2.56 bits per heavy atom. The molecule has 5 heteroatoms. The third-order valence-electron chi connectivity index (χ3n) is 2.92. The second-order valence-electron chi connectivity index (χ2n) is 4.21. The van der Waals surface area contributed by atoms with Gasteiger partial charge in [0.15, 0.2) is 5.82 Å². The number of anilines is 1. The third kappa shape index (κ3) is 1.66. The zero-order valence-corrected chi connectivity index (χ0v) is 9.94. The molecule has 5 nitrogen and oxygen atoms in total. The summed E-state index contributed by atoms with van der Waals surface area (Å²) in [6, 6.07) is 8.20. The number of H-pyrrole nitrogens is 2. The highest BCUT2D eigenvalue weighted by atomic mass is 15.2. The lowest BCUT2D eigenvalue weighted by Crippen LogP contribution is -1.88. The van der Waals surface area contributed by atoms with Crippen LogP contribution in [0.25, 0.3) is 22.4 Å². The number of benzene rings is 1. The Kier molecular flexibility index (Phi) is 2.37. The monoisotopic (exact) mass is 239 g/mol. The first-order chi connectivity index (χ1) is 8.75. The summed E-state index contributed by atoms with van der Waals surface area (Å²) in [6.07, 6.45) is 3.55. The van der Waals surface area contributed by atoms with Gasteiger partial charge in [-0.25, -0.2) is 0 Å². The lowest BCUT2D eigenvalue weighted by Gasteiger charge is -2.03. The standard InChI is InChI=1S/C13H13N5/c1-8-2-4-9(5-3-8)11-12(17-18-13(11)14)10-6-15-16-7-10/h2-7H,1H3,(H,15,16)(H3,14,17,18). The van der Waals surface area contributed by atoms with E-state index in [4.69, 9.17) is 5.73 Å². The van der Waals surface area contributed by atoms with Crippen LogP contribution in [0.15, 0.2) is 36.7 Å². The molecule has 1 aromatic carbocycles. The summed E-state index contributed by atoms with van der Waals surface area (Å²) in [6.45, 7) is 2.06. The molecule has 2 heterocycles. The molecule has 0 atom stereocenters. The number of rotatable bonds is 2. The highest BCUT2D eigenvalue weighted by Gasteiger charge is 2.14. The van der Waals surface area contributed by atoms with Crippen LogP contribution in [0.3, 0.4) is 0 Å². The number of aromatic amines is 2. The average Bonchev–Trinajstić information content (AvgIpc) is 2.99. The van der Waals surface area contributed by atoms with E-state index in [-0.39, 0.29) is 0 Å². The molecular weight excluding hydrogens is 226 g/mol. The molecule has 0 saturated carbocycles. The van der Waals surface area contributed by atoms with E-state index in [1.54, 1.807) is 6.20 Å². The van der Waals surface area contributed by atoms with E-state index in [1.807, 2.05) is 18.3 Å². The summed E-state index contributed by atoms with van der Waals surface area (Å²) in [5, 5.41) is 13.8. The van der Waals surface area contributed by atoms with Gasteiger partial charge >= 0.3 is 0 Å². The number of nitrogens with one attached hydrogen (secondary N) is 2. The van der Waals surface area contributed by atoms with Gasteiger partial charge in [-0.2, -0.15) is 10.2 Å². The second kappa shape index (κ2) is 4.03. The fourth-order valence-corrected chi connectivity index (χ4v) is 1.96. The minimum Gasteiger partial charge on any atom is -0.382 e. The van der Waals surface area contributed by atoms with Crippen molar-refractivity contribution in [2.45, 2.75) is 6.92 Å². The van der Waals surface area contributed by atoms with Gasteiger partial charge in [0.25, 0.3) is 0 Å². The van der Waals surface area contributed by atoms with Crippen molar-refractivity contribution in [2.24, 2.45) is 0 Å². The Bertz CT molecular complexity index is 649. The number of nitrogen functional groups attached to an aromatic ring is 1. The molecule has 0 spiro atoms. The molecule has 0 bridgehead atoms. The molecule has 0 aliphatic rings. The van der Waals surface area contributed by atoms with Gasteiger partial charge in [0, 0.05) is 11.8 Å². The number of aromatic nitrogens is 4. The van der Waals surface area contributed by atoms with Gasteiger partial charge in [-0.3, -0.25) is 10.2 Å². The number of nitrogens with two attached hydrogens (primary N) is 1. The van der Waals surface area contributed by atoms with Crippen molar-refractivity contribution < 1.29 is 0 Å². The average molecular weight is 239 g/mol. The van der Waals surface area contributed by atoms with Gasteiger partial charge in [0.2, 0.25) is 0 Å². The summed E-state index contributed by atoms with van der Waals surface area (Å²) in [5.41, 5.74) is 10.9. The van der Waals surface area contributed by atoms with Crippen LogP contribution in [0.1, 0.15) is 5.56 Å². The summed E-state index contributed by atoms with van der Waals surface area (Å²) < 4.78 is 0. The summed E-state index contributed by atoms with van der Waals surface area (Å²) >= 11 is 0. The van der Waals surface area contributed by atoms with Gasteiger partial charge in [0.1, 0.15) is 0 Å². The van der Waals surface area contributed by atoms with Gasteiger partial charge in [-0.15, -0.1) is 0 Å². The Balaban J connectivity index is 2.17. The maximum absolute atomic E-state index is 5.94. The maximum atomic E-state index is 5.94. The van der Waals surface area contributed by atoms with E-state index in [0.29, 0.717) is 5.82 Å². The number of nitrogens with zero attached hydrogens (tertiary/aromatic N) is 2. The molecule has 3 rings (SSSR count). The molecule has 2 aromatic heterocycles. The molecule has 0 radical (unpaired) electrons. The van der Waals surface area contributed by atoms with Crippen molar-refractivity contribution in [1.29, 1.82) is 0 Å². The Morgan fingerprint density at radius 1 is 1.11 bits per heavy atom. The van der Waals surface area contributed by atoms with Crippen LogP contribution in [-0.4, -0.2) is 20.4 Å². The van der Waals surface area contributed by atoms with Gasteiger partial charge in [0.05, 0.1) is 17.5 Å². The van der Waals surface area contributed by atoms with Crippen LogP contribution in [0.4, 0.5) is 5.82 Å². The Morgan fingerprint density at radius 2 is 1.89 bits per heavy atom. The minimum absolute atomic E-state index is 0.495. The first-order valence-corrected chi connectivity index (χ1v) is 5.66. The quantitative estimate of drug-likeness (QED) is 0.642. The normalized spacial score (nSPS) is 10.7. The van der Waals surface area contributed by atoms with Gasteiger partial charge < -0.3 is 5.73 Å². The molecule has 0 aliphatic heterocycles. The van der Waals surface area contributed by atoms with E-state index in [2.05, 4.69) is 39.5 Å². The van der Waals surface area contributed by atoms with Crippen LogP contribution in [-0.2, 0) is 0 Å². The van der Waals surface area contributed by atoms with E-state index < -0.39 is 0 Å². The lowest BCUT2D eigenvalue weighted by molar-refractivity contribution is 1.09. The summed E-state index contributed by atoms with van der Waals surface area (Å²) in [4.78, 5) is 0. The highest BCUT2D eigenvalue weighted by Crippen LogP contribution is 2.34. The molecule has 0 unspecified atom stereocenters. The van der Waals surface area contributed by atoms with E-state index >= 15 is 0 Å². The minimum atomic E-state index is 0.495. The van der Waals surface area contributed by atoms with Crippen LogP contribution < -0.4 is 5.73 Å². The predicted molar refractivity (Wildman–Crippen MR) is 70.8 cm³/mol. The molecule has 0 saturated heterocycles. The van der Waals surface area contributed by atoms with Crippen molar-refractivity contribution in [3.05, 3.63) is 42.2 Å². The molecule has 0 fully saturated rings. The van der Waals surface area contributed by atoms with Crippen LogP contribution in [0.5, 0.6) is 0 Å². The van der Waals surface area contributed by atoms with E-state index in [1.165, 1.54) is 5.56 Å². The highest BCUT2D eigenvalue weighted by molar-refractivity contribution is 5.87. The van der Waals surface area contributed by atoms with E-state index in [9.17, 15) is 0 Å². The molecule has 18 heavy (non-hydrogen) atoms. The number of hydrogen-bond acceptors (Lipinski definition) is 3. The van der Waals surface area contributed by atoms with Gasteiger partial charge in [-0.1, -0.05) is 29.8 Å². The lowest BCUT2D eigenvalue weighted by atomic mass is 10.0. The van der Waals surface area contributed by atoms with E-state index in [0.717, 1.165) is 22.4 Å². The van der Waals surface area contributed by atoms with Crippen LogP contribution in [0.2, 0.25) is 0 Å². The van der Waals surface area contributed by atoms with Crippen molar-refractivity contribution in [2.75, 3.05) is 5.73 Å². The Labute approximate surface area is 104 Å². The molecular formula is C13H13N5. The summed E-state index contributed by atoms with van der Waals surface area (Å²) in [5.74, 6) is 0.495. The predicted octanol–water partition coefficient (Wildman–Crippen LogP) is 2.36. The maximum Gasteiger partial charge on any atom is 0.153 e. The summed E-state index contributed by atoms with van der Waals surface area (Å²) in [7, 11) is 0. The van der Waals surface area contributed by atoms with Gasteiger partial charge in [-0.05, 0) is 12.5 Å². The fraction of sp³-hybridized carbons (Fsp3) is 0.0769. The topological polar surface area (TPSA) is 83.4 Å². The molecule has 0 aliphatic carbocycles.